The first-order valence-electron chi connectivity index (χ1n) is 10.1. The molecule has 0 bridgehead atoms. The standard InChI is InChI=1S/C21H27F3N2O/c1-14(21(22,23)24)15-2-4-16(5-3-15)20(27)26(18-8-9-18)19-10-12-25(13-11-19)17-6-7-17/h2-5,14,17-19H,6-13H2,1H3. The number of carbonyl (C=O) groups excluding carboxylic acids is 1. The highest BCUT2D eigenvalue weighted by Gasteiger charge is 2.41. The van der Waals surface area contributed by atoms with E-state index in [1.165, 1.54) is 25.0 Å². The predicted molar refractivity (Wildman–Crippen MR) is 97.7 cm³/mol. The lowest BCUT2D eigenvalue weighted by molar-refractivity contribution is -0.146. The average Bonchev–Trinajstić information content (AvgIpc) is 3.54. The van der Waals surface area contributed by atoms with Gasteiger partial charge in [-0.05, 0) is 63.1 Å². The summed E-state index contributed by atoms with van der Waals surface area (Å²) >= 11 is 0. The molecule has 0 aromatic heterocycles. The Hall–Kier alpha value is -1.56. The number of rotatable bonds is 5. The van der Waals surface area contributed by atoms with Gasteiger partial charge in [-0.3, -0.25) is 4.79 Å². The van der Waals surface area contributed by atoms with Crippen molar-refractivity contribution in [1.29, 1.82) is 0 Å². The minimum absolute atomic E-state index is 0.0198. The van der Waals surface area contributed by atoms with E-state index in [0.717, 1.165) is 51.7 Å². The molecule has 0 spiro atoms. The molecule has 0 radical (unpaired) electrons. The van der Waals surface area contributed by atoms with Gasteiger partial charge in [-0.1, -0.05) is 12.1 Å². The quantitative estimate of drug-likeness (QED) is 0.746. The summed E-state index contributed by atoms with van der Waals surface area (Å²) in [5.74, 6) is -1.54. The van der Waals surface area contributed by atoms with E-state index in [4.69, 9.17) is 0 Å². The van der Waals surface area contributed by atoms with E-state index in [1.807, 2.05) is 4.90 Å². The van der Waals surface area contributed by atoms with Crippen LogP contribution in [0.5, 0.6) is 0 Å². The number of alkyl halides is 3. The van der Waals surface area contributed by atoms with E-state index >= 15 is 0 Å². The maximum Gasteiger partial charge on any atom is 0.395 e. The van der Waals surface area contributed by atoms with Crippen LogP contribution in [0.1, 0.15) is 67.3 Å². The van der Waals surface area contributed by atoms with Gasteiger partial charge in [0.2, 0.25) is 0 Å². The Morgan fingerprint density at radius 2 is 1.56 bits per heavy atom. The van der Waals surface area contributed by atoms with Gasteiger partial charge in [-0.15, -0.1) is 0 Å². The van der Waals surface area contributed by atoms with Gasteiger partial charge >= 0.3 is 6.18 Å². The summed E-state index contributed by atoms with van der Waals surface area (Å²) in [4.78, 5) is 17.7. The molecule has 6 heteroatoms. The van der Waals surface area contributed by atoms with E-state index in [1.54, 1.807) is 12.1 Å². The van der Waals surface area contributed by atoms with Crippen molar-refractivity contribution in [2.24, 2.45) is 0 Å². The van der Waals surface area contributed by atoms with Crippen LogP contribution < -0.4 is 0 Å². The van der Waals surface area contributed by atoms with Crippen LogP contribution in [-0.2, 0) is 0 Å². The number of hydrogen-bond acceptors (Lipinski definition) is 2. The van der Waals surface area contributed by atoms with Crippen molar-refractivity contribution in [2.45, 2.75) is 75.7 Å². The molecule has 1 heterocycles. The van der Waals surface area contributed by atoms with Gasteiger partial charge in [0.05, 0.1) is 5.92 Å². The Bertz CT molecular complexity index is 672. The van der Waals surface area contributed by atoms with Gasteiger partial charge in [0.25, 0.3) is 5.91 Å². The van der Waals surface area contributed by atoms with E-state index in [9.17, 15) is 18.0 Å². The molecule has 1 aromatic carbocycles. The van der Waals surface area contributed by atoms with Crippen LogP contribution in [0.4, 0.5) is 13.2 Å². The normalized spacial score (nSPS) is 23.3. The molecule has 2 saturated carbocycles. The van der Waals surface area contributed by atoms with Gasteiger partial charge < -0.3 is 9.80 Å². The topological polar surface area (TPSA) is 23.6 Å². The molecule has 1 amide bonds. The van der Waals surface area contributed by atoms with Crippen molar-refractivity contribution < 1.29 is 18.0 Å². The molecule has 1 aliphatic heterocycles. The van der Waals surface area contributed by atoms with Crippen molar-refractivity contribution >= 4 is 5.91 Å². The zero-order valence-electron chi connectivity index (χ0n) is 15.7. The molecule has 3 fully saturated rings. The van der Waals surface area contributed by atoms with E-state index in [-0.39, 0.29) is 17.5 Å². The first-order valence-corrected chi connectivity index (χ1v) is 10.1. The fourth-order valence-electron chi connectivity index (χ4n) is 4.20. The molecular formula is C21H27F3N2O. The molecule has 2 aliphatic carbocycles. The number of halogens is 3. The maximum atomic E-state index is 13.1. The highest BCUT2D eigenvalue weighted by atomic mass is 19.4. The SMILES string of the molecule is CC(c1ccc(C(=O)N(C2CC2)C2CCN(C3CC3)CC2)cc1)C(F)(F)F. The number of nitrogens with zero attached hydrogens (tertiary/aromatic N) is 2. The van der Waals surface area contributed by atoms with Crippen LogP contribution in [0, 0.1) is 0 Å². The minimum atomic E-state index is -4.26. The van der Waals surface area contributed by atoms with Crippen LogP contribution in [0.2, 0.25) is 0 Å². The highest BCUT2D eigenvalue weighted by molar-refractivity contribution is 5.95. The third kappa shape index (κ3) is 4.15. The summed E-state index contributed by atoms with van der Waals surface area (Å²) in [5, 5.41) is 0. The fraction of sp³-hybridized carbons (Fsp3) is 0.667. The molecule has 148 valence electrons. The first kappa shape index (κ1) is 18.8. The van der Waals surface area contributed by atoms with Crippen LogP contribution >= 0.6 is 0 Å². The fourth-order valence-corrected chi connectivity index (χ4v) is 4.20. The second kappa shape index (κ2) is 7.12. The molecule has 3 nitrogen and oxygen atoms in total. The molecule has 0 N–H and O–H groups in total. The summed E-state index contributed by atoms with van der Waals surface area (Å²) in [6, 6.07) is 7.36. The Morgan fingerprint density at radius 3 is 2.04 bits per heavy atom. The lowest BCUT2D eigenvalue weighted by Crippen LogP contribution is -2.48. The van der Waals surface area contributed by atoms with Gasteiger partial charge in [0, 0.05) is 36.8 Å². The first-order chi connectivity index (χ1) is 12.8. The largest absolute Gasteiger partial charge is 0.395 e. The second-order valence-corrected chi connectivity index (χ2v) is 8.33. The molecule has 3 aliphatic rings. The number of likely N-dealkylation sites (tertiary alicyclic amines) is 1. The number of carbonyl (C=O) groups is 1. The monoisotopic (exact) mass is 380 g/mol. The smallest absolute Gasteiger partial charge is 0.333 e. The van der Waals surface area contributed by atoms with Crippen molar-refractivity contribution in [3.05, 3.63) is 35.4 Å². The minimum Gasteiger partial charge on any atom is -0.333 e. The molecule has 4 rings (SSSR count). The van der Waals surface area contributed by atoms with Crippen LogP contribution in [0.25, 0.3) is 0 Å². The lowest BCUT2D eigenvalue weighted by Gasteiger charge is -2.39. The van der Waals surface area contributed by atoms with Gasteiger partial charge in [0.15, 0.2) is 0 Å². The van der Waals surface area contributed by atoms with E-state index in [2.05, 4.69) is 4.90 Å². The van der Waals surface area contributed by atoms with Crippen molar-refractivity contribution in [1.82, 2.24) is 9.80 Å². The summed E-state index contributed by atoms with van der Waals surface area (Å²) in [5.41, 5.74) is 0.708. The molecule has 1 aromatic rings. The van der Waals surface area contributed by atoms with Crippen LogP contribution in [0.3, 0.4) is 0 Å². The third-order valence-electron chi connectivity index (χ3n) is 6.28. The summed E-state index contributed by atoms with van der Waals surface area (Å²) in [6.07, 6.45) is 2.43. The van der Waals surface area contributed by atoms with Crippen molar-refractivity contribution in [2.75, 3.05) is 13.1 Å². The predicted octanol–water partition coefficient (Wildman–Crippen LogP) is 4.58. The van der Waals surface area contributed by atoms with E-state index < -0.39 is 12.1 Å². The van der Waals surface area contributed by atoms with Crippen molar-refractivity contribution in [3.63, 3.8) is 0 Å². The molecule has 27 heavy (non-hydrogen) atoms. The third-order valence-corrected chi connectivity index (χ3v) is 6.28. The summed E-state index contributed by atoms with van der Waals surface area (Å²) in [7, 11) is 0. The van der Waals surface area contributed by atoms with Gasteiger partial charge in [-0.2, -0.15) is 13.2 Å². The zero-order valence-corrected chi connectivity index (χ0v) is 15.7. The lowest BCUT2D eigenvalue weighted by atomic mass is 9.98. The van der Waals surface area contributed by atoms with E-state index in [0.29, 0.717) is 11.6 Å². The van der Waals surface area contributed by atoms with Gasteiger partial charge in [-0.25, -0.2) is 0 Å². The van der Waals surface area contributed by atoms with Crippen molar-refractivity contribution in [3.8, 4) is 0 Å². The Labute approximate surface area is 158 Å². The number of amides is 1. The Kier molecular flexibility index (Phi) is 4.95. The number of hydrogen-bond donors (Lipinski definition) is 0. The second-order valence-electron chi connectivity index (χ2n) is 8.33. The maximum absolute atomic E-state index is 13.1. The number of benzene rings is 1. The van der Waals surface area contributed by atoms with Gasteiger partial charge in [0.1, 0.15) is 0 Å². The molecule has 1 atom stereocenters. The van der Waals surface area contributed by atoms with Crippen LogP contribution in [0.15, 0.2) is 24.3 Å². The highest BCUT2D eigenvalue weighted by Crippen LogP contribution is 2.37. The summed E-state index contributed by atoms with van der Waals surface area (Å²) in [6.45, 7) is 3.25. The number of piperidine rings is 1. The zero-order chi connectivity index (χ0) is 19.2. The summed E-state index contributed by atoms with van der Waals surface area (Å²) < 4.78 is 38.7. The molecule has 1 unspecified atom stereocenters. The Balaban J connectivity index is 1.44. The molecule has 1 saturated heterocycles. The Morgan fingerprint density at radius 1 is 1.00 bits per heavy atom. The van der Waals surface area contributed by atoms with Crippen LogP contribution in [-0.4, -0.2) is 53.1 Å². The molecular weight excluding hydrogens is 353 g/mol. The average molecular weight is 380 g/mol.